The summed E-state index contributed by atoms with van der Waals surface area (Å²) in [6.45, 7) is 8.25. The van der Waals surface area contributed by atoms with Gasteiger partial charge in [-0.15, -0.1) is 0 Å². The van der Waals surface area contributed by atoms with Gasteiger partial charge in [0, 0.05) is 53.0 Å². The molecule has 8 nitrogen and oxygen atoms in total. The van der Waals surface area contributed by atoms with Crippen molar-refractivity contribution in [2.24, 2.45) is 4.99 Å². The Bertz CT molecular complexity index is 442. The first-order chi connectivity index (χ1) is 11.6. The second kappa shape index (κ2) is 12.5. The number of sulfone groups is 1. The summed E-state index contributed by atoms with van der Waals surface area (Å²) in [6, 6.07) is 0. The predicted octanol–water partition coefficient (Wildman–Crippen LogP) is -0.675. The average molecular weight is 365 g/mol. The summed E-state index contributed by atoms with van der Waals surface area (Å²) >= 11 is 0. The molecular weight excluding hydrogens is 332 g/mol. The average Bonchev–Trinajstić information content (AvgIpc) is 2.55. The molecule has 24 heavy (non-hydrogen) atoms. The van der Waals surface area contributed by atoms with Gasteiger partial charge in [-0.3, -0.25) is 9.89 Å². The fourth-order valence-corrected chi connectivity index (χ4v) is 3.53. The second-order valence-corrected chi connectivity index (χ2v) is 7.94. The van der Waals surface area contributed by atoms with Crippen molar-refractivity contribution in [2.45, 2.75) is 13.3 Å². The van der Waals surface area contributed by atoms with Crippen molar-refractivity contribution < 1.29 is 17.9 Å². The van der Waals surface area contributed by atoms with Crippen molar-refractivity contribution in [3.63, 3.8) is 0 Å². The second-order valence-electron chi connectivity index (χ2n) is 5.64. The van der Waals surface area contributed by atoms with Crippen LogP contribution in [0.5, 0.6) is 0 Å². The minimum absolute atomic E-state index is 0.268. The van der Waals surface area contributed by atoms with Gasteiger partial charge < -0.3 is 20.1 Å². The van der Waals surface area contributed by atoms with Crippen molar-refractivity contribution in [2.75, 3.05) is 77.7 Å². The van der Waals surface area contributed by atoms with Crippen LogP contribution >= 0.6 is 0 Å². The normalized spacial score (nSPS) is 18.5. The molecule has 0 aliphatic carbocycles. The summed E-state index contributed by atoms with van der Waals surface area (Å²) in [7, 11) is -1.15. The summed E-state index contributed by atoms with van der Waals surface area (Å²) in [4.78, 5) is 6.67. The Hall–Kier alpha value is -0.900. The molecule has 0 radical (unpaired) electrons. The van der Waals surface area contributed by atoms with Crippen LogP contribution in [-0.2, 0) is 19.3 Å². The molecule has 0 saturated carbocycles. The maximum absolute atomic E-state index is 11.4. The SMILES string of the molecule is CCNC(=NCCCOCCOC)NCCN1CCS(=O)(=O)CC1. The van der Waals surface area contributed by atoms with Crippen molar-refractivity contribution >= 4 is 15.8 Å². The van der Waals surface area contributed by atoms with Gasteiger partial charge in [-0.2, -0.15) is 0 Å². The molecule has 0 aromatic heterocycles. The Balaban J connectivity index is 2.16. The van der Waals surface area contributed by atoms with Crippen LogP contribution in [0.1, 0.15) is 13.3 Å². The van der Waals surface area contributed by atoms with Crippen LogP contribution in [0.15, 0.2) is 4.99 Å². The highest BCUT2D eigenvalue weighted by Crippen LogP contribution is 2.02. The minimum Gasteiger partial charge on any atom is -0.382 e. The van der Waals surface area contributed by atoms with E-state index >= 15 is 0 Å². The number of nitrogens with zero attached hydrogens (tertiary/aromatic N) is 2. The van der Waals surface area contributed by atoms with Crippen LogP contribution in [0.2, 0.25) is 0 Å². The molecule has 1 aliphatic rings. The number of ether oxygens (including phenoxy) is 2. The molecule has 0 bridgehead atoms. The van der Waals surface area contributed by atoms with E-state index in [1.54, 1.807) is 7.11 Å². The van der Waals surface area contributed by atoms with Crippen molar-refractivity contribution in [1.82, 2.24) is 15.5 Å². The molecular formula is C15H32N4O4S. The lowest BCUT2D eigenvalue weighted by Gasteiger charge is -2.26. The summed E-state index contributed by atoms with van der Waals surface area (Å²) in [5.74, 6) is 1.33. The van der Waals surface area contributed by atoms with Gasteiger partial charge in [-0.25, -0.2) is 8.42 Å². The Morgan fingerprint density at radius 2 is 1.92 bits per heavy atom. The maximum Gasteiger partial charge on any atom is 0.191 e. The number of guanidine groups is 1. The standard InChI is InChI=1S/C15H32N4O4S/c1-3-16-15(17-5-4-10-23-12-11-22-2)18-6-7-19-8-13-24(20,21)14-9-19/h3-14H2,1-2H3,(H2,16,17,18). The van der Waals surface area contributed by atoms with E-state index in [1.165, 1.54) is 0 Å². The lowest BCUT2D eigenvalue weighted by Crippen LogP contribution is -2.46. The highest BCUT2D eigenvalue weighted by atomic mass is 32.2. The van der Waals surface area contributed by atoms with E-state index < -0.39 is 9.84 Å². The van der Waals surface area contributed by atoms with Crippen LogP contribution in [-0.4, -0.2) is 97.0 Å². The van der Waals surface area contributed by atoms with E-state index in [2.05, 4.69) is 20.5 Å². The Morgan fingerprint density at radius 3 is 2.58 bits per heavy atom. The molecule has 0 aromatic carbocycles. The highest BCUT2D eigenvalue weighted by Gasteiger charge is 2.20. The lowest BCUT2D eigenvalue weighted by molar-refractivity contribution is 0.0702. The molecule has 0 spiro atoms. The van der Waals surface area contributed by atoms with Gasteiger partial charge in [0.1, 0.15) is 0 Å². The van der Waals surface area contributed by atoms with Gasteiger partial charge in [0.15, 0.2) is 15.8 Å². The smallest absolute Gasteiger partial charge is 0.191 e. The van der Waals surface area contributed by atoms with Gasteiger partial charge >= 0.3 is 0 Å². The minimum atomic E-state index is -2.81. The maximum atomic E-state index is 11.4. The molecule has 0 unspecified atom stereocenters. The van der Waals surface area contributed by atoms with E-state index in [1.807, 2.05) is 6.92 Å². The van der Waals surface area contributed by atoms with Crippen LogP contribution in [0.3, 0.4) is 0 Å². The molecule has 1 fully saturated rings. The lowest BCUT2D eigenvalue weighted by atomic mass is 10.4. The molecule has 142 valence electrons. The van der Waals surface area contributed by atoms with Crippen LogP contribution in [0, 0.1) is 0 Å². The first-order valence-corrected chi connectivity index (χ1v) is 10.4. The summed E-state index contributed by atoms with van der Waals surface area (Å²) in [6.07, 6.45) is 0.865. The Labute approximate surface area is 145 Å². The molecule has 0 aromatic rings. The number of aliphatic imine (C=N–C) groups is 1. The summed E-state index contributed by atoms with van der Waals surface area (Å²) in [5, 5.41) is 6.50. The first kappa shape index (κ1) is 21.1. The fourth-order valence-electron chi connectivity index (χ4n) is 2.25. The zero-order valence-electron chi connectivity index (χ0n) is 14.9. The topological polar surface area (TPSA) is 92.3 Å². The largest absolute Gasteiger partial charge is 0.382 e. The van der Waals surface area contributed by atoms with E-state index in [0.29, 0.717) is 39.5 Å². The number of methoxy groups -OCH3 is 1. The molecule has 0 atom stereocenters. The summed E-state index contributed by atoms with van der Waals surface area (Å²) in [5.41, 5.74) is 0. The zero-order chi connectivity index (χ0) is 17.7. The van der Waals surface area contributed by atoms with E-state index in [4.69, 9.17) is 9.47 Å². The molecule has 2 N–H and O–H groups in total. The van der Waals surface area contributed by atoms with Crippen LogP contribution in [0.25, 0.3) is 0 Å². The van der Waals surface area contributed by atoms with Crippen molar-refractivity contribution in [1.29, 1.82) is 0 Å². The molecule has 1 rings (SSSR count). The molecule has 0 amide bonds. The Morgan fingerprint density at radius 1 is 1.17 bits per heavy atom. The number of rotatable bonds is 11. The van der Waals surface area contributed by atoms with Crippen molar-refractivity contribution in [3.05, 3.63) is 0 Å². The third kappa shape index (κ3) is 10.1. The molecule has 9 heteroatoms. The van der Waals surface area contributed by atoms with Crippen molar-refractivity contribution in [3.8, 4) is 0 Å². The molecule has 1 aliphatic heterocycles. The third-order valence-electron chi connectivity index (χ3n) is 3.65. The van der Waals surface area contributed by atoms with E-state index in [9.17, 15) is 8.42 Å². The summed E-state index contributed by atoms with van der Waals surface area (Å²) < 4.78 is 33.1. The number of hydrogen-bond acceptors (Lipinski definition) is 6. The van der Waals surface area contributed by atoms with Gasteiger partial charge in [-0.05, 0) is 13.3 Å². The highest BCUT2D eigenvalue weighted by molar-refractivity contribution is 7.91. The quantitative estimate of drug-likeness (QED) is 0.285. The zero-order valence-corrected chi connectivity index (χ0v) is 15.7. The van der Waals surface area contributed by atoms with Gasteiger partial charge in [0.2, 0.25) is 0 Å². The van der Waals surface area contributed by atoms with E-state index in [0.717, 1.165) is 32.0 Å². The first-order valence-electron chi connectivity index (χ1n) is 8.59. The number of nitrogens with one attached hydrogen (secondary N) is 2. The Kier molecular flexibility index (Phi) is 11.0. The van der Waals surface area contributed by atoms with Gasteiger partial charge in [-0.1, -0.05) is 0 Å². The van der Waals surface area contributed by atoms with Crippen LogP contribution < -0.4 is 10.6 Å². The fraction of sp³-hybridized carbons (Fsp3) is 0.933. The monoisotopic (exact) mass is 364 g/mol. The third-order valence-corrected chi connectivity index (χ3v) is 5.26. The molecule has 1 heterocycles. The predicted molar refractivity (Wildman–Crippen MR) is 96.4 cm³/mol. The van der Waals surface area contributed by atoms with E-state index in [-0.39, 0.29) is 11.5 Å². The van der Waals surface area contributed by atoms with Gasteiger partial charge in [0.05, 0.1) is 24.7 Å². The number of hydrogen-bond donors (Lipinski definition) is 2. The van der Waals surface area contributed by atoms with Crippen LogP contribution in [0.4, 0.5) is 0 Å². The molecule has 1 saturated heterocycles. The van der Waals surface area contributed by atoms with Gasteiger partial charge in [0.25, 0.3) is 0 Å².